The molecular weight excluding hydrogens is 312 g/mol. The fourth-order valence-corrected chi connectivity index (χ4v) is 3.27. The molecule has 1 aliphatic heterocycles. The summed E-state index contributed by atoms with van der Waals surface area (Å²) in [5.41, 5.74) is 1.35. The van der Waals surface area contributed by atoms with E-state index < -0.39 is 0 Å². The summed E-state index contributed by atoms with van der Waals surface area (Å²) in [7, 11) is 1.80. The van der Waals surface area contributed by atoms with Crippen LogP contribution in [0.1, 0.15) is 45.1 Å². The second-order valence-electron chi connectivity index (χ2n) is 7.04. The van der Waals surface area contributed by atoms with Gasteiger partial charge < -0.3 is 15.5 Å². The van der Waals surface area contributed by atoms with Gasteiger partial charge in [-0.15, -0.1) is 0 Å². The van der Waals surface area contributed by atoms with E-state index in [9.17, 15) is 4.79 Å². The molecule has 2 N–H and O–H groups in total. The van der Waals surface area contributed by atoms with E-state index in [-0.39, 0.29) is 17.9 Å². The van der Waals surface area contributed by atoms with Gasteiger partial charge in [-0.1, -0.05) is 51.1 Å². The fraction of sp³-hybridized carbons (Fsp3) is 0.600. The summed E-state index contributed by atoms with van der Waals surface area (Å²) >= 11 is 0. The molecule has 1 saturated heterocycles. The highest BCUT2D eigenvalue weighted by molar-refractivity contribution is 5.81. The molecule has 1 aromatic carbocycles. The number of carbonyl (C=O) groups is 1. The number of amides is 1. The Hall–Kier alpha value is -2.04. The van der Waals surface area contributed by atoms with Crippen LogP contribution in [0.4, 0.5) is 0 Å². The summed E-state index contributed by atoms with van der Waals surface area (Å²) in [4.78, 5) is 18.4. The van der Waals surface area contributed by atoms with Crippen LogP contribution in [0.25, 0.3) is 0 Å². The Morgan fingerprint density at radius 2 is 2.04 bits per heavy atom. The average Bonchev–Trinajstić information content (AvgIpc) is 3.09. The van der Waals surface area contributed by atoms with Crippen LogP contribution in [0.2, 0.25) is 0 Å². The van der Waals surface area contributed by atoms with E-state index in [1.54, 1.807) is 7.05 Å². The molecule has 2 unspecified atom stereocenters. The summed E-state index contributed by atoms with van der Waals surface area (Å²) in [6.45, 7) is 8.56. The van der Waals surface area contributed by atoms with Crippen LogP contribution in [0.15, 0.2) is 35.3 Å². The lowest BCUT2D eigenvalue weighted by Crippen LogP contribution is -2.46. The smallest absolute Gasteiger partial charge is 0.225 e. The predicted octanol–water partition coefficient (Wildman–Crippen LogP) is 2.60. The second-order valence-corrected chi connectivity index (χ2v) is 7.04. The minimum Gasteiger partial charge on any atom is -0.356 e. The average molecular weight is 345 g/mol. The quantitative estimate of drug-likeness (QED) is 0.616. The lowest BCUT2D eigenvalue weighted by molar-refractivity contribution is -0.133. The molecule has 0 aliphatic carbocycles. The summed E-state index contributed by atoms with van der Waals surface area (Å²) in [6, 6.07) is 10.9. The van der Waals surface area contributed by atoms with Gasteiger partial charge in [-0.25, -0.2) is 0 Å². The number of likely N-dealkylation sites (tertiary alicyclic amines) is 1. The van der Waals surface area contributed by atoms with Gasteiger partial charge >= 0.3 is 0 Å². The zero-order chi connectivity index (χ0) is 18.2. The Bertz CT molecular complexity index is 570. The Morgan fingerprint density at radius 1 is 1.32 bits per heavy atom. The maximum atomic E-state index is 12.1. The van der Waals surface area contributed by atoms with Gasteiger partial charge in [-0.05, 0) is 18.4 Å². The van der Waals surface area contributed by atoms with E-state index in [0.29, 0.717) is 5.92 Å². The van der Waals surface area contributed by atoms with E-state index in [0.717, 1.165) is 38.4 Å². The molecule has 0 radical (unpaired) electrons. The number of guanidine groups is 1. The zero-order valence-electron chi connectivity index (χ0n) is 16.0. The molecule has 2 atom stereocenters. The first-order valence-electron chi connectivity index (χ1n) is 9.36. The normalized spacial score (nSPS) is 19.2. The third-order valence-corrected chi connectivity index (χ3v) is 4.84. The third kappa shape index (κ3) is 5.48. The van der Waals surface area contributed by atoms with E-state index in [2.05, 4.69) is 52.9 Å². The number of carbonyl (C=O) groups excluding carboxylic acids is 1. The van der Waals surface area contributed by atoms with Crippen molar-refractivity contribution in [3.63, 3.8) is 0 Å². The standard InChI is InChI=1S/C20H32N4O/c1-5-16(17-9-7-6-8-10-17)13-22-20(21-4)23-18-11-12-24(14-18)19(25)15(2)3/h6-10,15-16,18H,5,11-14H2,1-4H3,(H2,21,22,23). The van der Waals surface area contributed by atoms with E-state index in [1.807, 2.05) is 18.7 Å². The molecule has 138 valence electrons. The number of aliphatic imine (C=N–C) groups is 1. The number of rotatable bonds is 6. The highest BCUT2D eigenvalue weighted by atomic mass is 16.2. The summed E-state index contributed by atoms with van der Waals surface area (Å²) in [6.07, 6.45) is 2.04. The Morgan fingerprint density at radius 3 is 2.64 bits per heavy atom. The minimum absolute atomic E-state index is 0.0624. The van der Waals surface area contributed by atoms with E-state index in [1.165, 1.54) is 5.56 Å². The van der Waals surface area contributed by atoms with Crippen LogP contribution in [0, 0.1) is 5.92 Å². The molecule has 0 aromatic heterocycles. The van der Waals surface area contributed by atoms with Crippen molar-refractivity contribution in [2.45, 2.75) is 45.6 Å². The van der Waals surface area contributed by atoms with Crippen LogP contribution in [0.5, 0.6) is 0 Å². The van der Waals surface area contributed by atoms with Crippen LogP contribution in [-0.4, -0.2) is 49.5 Å². The molecule has 1 fully saturated rings. The van der Waals surface area contributed by atoms with Gasteiger partial charge in [0.2, 0.25) is 5.91 Å². The van der Waals surface area contributed by atoms with Crippen molar-refractivity contribution in [3.8, 4) is 0 Å². The minimum atomic E-state index is 0.0624. The fourth-order valence-electron chi connectivity index (χ4n) is 3.27. The second kappa shape index (κ2) is 9.44. The number of nitrogens with zero attached hydrogens (tertiary/aromatic N) is 2. The number of hydrogen-bond donors (Lipinski definition) is 2. The number of hydrogen-bond acceptors (Lipinski definition) is 2. The highest BCUT2D eigenvalue weighted by Crippen LogP contribution is 2.18. The molecule has 1 amide bonds. The highest BCUT2D eigenvalue weighted by Gasteiger charge is 2.28. The Labute approximate surface area is 151 Å². The molecule has 25 heavy (non-hydrogen) atoms. The molecule has 1 aliphatic rings. The molecule has 0 bridgehead atoms. The van der Waals surface area contributed by atoms with Gasteiger partial charge in [-0.2, -0.15) is 0 Å². The third-order valence-electron chi connectivity index (χ3n) is 4.84. The van der Waals surface area contributed by atoms with Crippen molar-refractivity contribution < 1.29 is 4.79 Å². The first-order valence-corrected chi connectivity index (χ1v) is 9.36. The first-order chi connectivity index (χ1) is 12.0. The van der Waals surface area contributed by atoms with Crippen molar-refractivity contribution in [1.82, 2.24) is 15.5 Å². The molecular formula is C20H32N4O. The Balaban J connectivity index is 1.84. The number of benzene rings is 1. The largest absolute Gasteiger partial charge is 0.356 e. The van der Waals surface area contributed by atoms with Crippen LogP contribution >= 0.6 is 0 Å². The topological polar surface area (TPSA) is 56.7 Å². The Kier molecular flexibility index (Phi) is 7.29. The van der Waals surface area contributed by atoms with Crippen molar-refractivity contribution in [1.29, 1.82) is 0 Å². The molecule has 5 nitrogen and oxygen atoms in total. The first kappa shape index (κ1) is 19.3. The molecule has 1 aromatic rings. The van der Waals surface area contributed by atoms with Gasteiger partial charge in [0.05, 0.1) is 0 Å². The van der Waals surface area contributed by atoms with Crippen molar-refractivity contribution in [3.05, 3.63) is 35.9 Å². The summed E-state index contributed by atoms with van der Waals surface area (Å²) < 4.78 is 0. The lowest BCUT2D eigenvalue weighted by Gasteiger charge is -2.22. The van der Waals surface area contributed by atoms with Gasteiger partial charge in [0.15, 0.2) is 5.96 Å². The lowest BCUT2D eigenvalue weighted by atomic mass is 9.97. The van der Waals surface area contributed by atoms with Crippen molar-refractivity contribution >= 4 is 11.9 Å². The monoisotopic (exact) mass is 344 g/mol. The summed E-state index contributed by atoms with van der Waals surface area (Å²) in [5.74, 6) is 1.58. The maximum absolute atomic E-state index is 12.1. The molecule has 0 saturated carbocycles. The molecule has 0 spiro atoms. The predicted molar refractivity (Wildman–Crippen MR) is 104 cm³/mol. The summed E-state index contributed by atoms with van der Waals surface area (Å²) in [5, 5.41) is 6.91. The molecule has 1 heterocycles. The zero-order valence-corrected chi connectivity index (χ0v) is 16.0. The van der Waals surface area contributed by atoms with Crippen molar-refractivity contribution in [2.75, 3.05) is 26.7 Å². The van der Waals surface area contributed by atoms with Crippen molar-refractivity contribution in [2.24, 2.45) is 10.9 Å². The van der Waals surface area contributed by atoms with E-state index in [4.69, 9.17) is 0 Å². The maximum Gasteiger partial charge on any atom is 0.225 e. The SMILES string of the molecule is CCC(CNC(=NC)NC1CCN(C(=O)C(C)C)C1)c1ccccc1. The van der Waals surface area contributed by atoms with Gasteiger partial charge in [0.1, 0.15) is 0 Å². The van der Waals surface area contributed by atoms with Gasteiger partial charge in [0, 0.05) is 44.6 Å². The number of nitrogens with one attached hydrogen (secondary N) is 2. The van der Waals surface area contributed by atoms with Gasteiger partial charge in [-0.3, -0.25) is 9.79 Å². The van der Waals surface area contributed by atoms with Crippen LogP contribution in [-0.2, 0) is 4.79 Å². The van der Waals surface area contributed by atoms with Crippen LogP contribution < -0.4 is 10.6 Å². The van der Waals surface area contributed by atoms with Gasteiger partial charge in [0.25, 0.3) is 0 Å². The molecule has 5 heteroatoms. The van der Waals surface area contributed by atoms with Crippen LogP contribution in [0.3, 0.4) is 0 Å². The van der Waals surface area contributed by atoms with E-state index >= 15 is 0 Å². The molecule has 2 rings (SSSR count).